The van der Waals surface area contributed by atoms with Crippen LogP contribution in [0.1, 0.15) is 24.0 Å². The van der Waals surface area contributed by atoms with E-state index < -0.39 is 0 Å². The third-order valence-corrected chi connectivity index (χ3v) is 5.36. The number of hydrogen-bond donors (Lipinski definition) is 2. The van der Waals surface area contributed by atoms with Gasteiger partial charge in [0.05, 0.1) is 0 Å². The number of aryl methyl sites for hydroxylation is 1. The Hall–Kier alpha value is -2.24. The van der Waals surface area contributed by atoms with E-state index in [2.05, 4.69) is 57.5 Å². The number of rotatable bonds is 5. The maximum absolute atomic E-state index is 11.7. The van der Waals surface area contributed by atoms with Crippen LogP contribution in [-0.2, 0) is 4.79 Å². The molecule has 6 nitrogen and oxygen atoms in total. The van der Waals surface area contributed by atoms with Gasteiger partial charge in [0, 0.05) is 57.9 Å². The van der Waals surface area contributed by atoms with Gasteiger partial charge in [-0.1, -0.05) is 12.1 Å². The molecule has 1 aliphatic heterocycles. The standard InChI is InChI=1S/C20H31N5O/c1-15-5-4-6-18(16(15)2)24-11-13-25(14-12-24)20(21-3)23-10-9-22-19(26)17-7-8-17/h4-6,17H,7-14H2,1-3H3,(H,21,23)(H,22,26). The van der Waals surface area contributed by atoms with Gasteiger partial charge in [0.1, 0.15) is 0 Å². The Bertz CT molecular complexity index is 660. The normalized spacial score (nSPS) is 18.0. The van der Waals surface area contributed by atoms with Crippen molar-refractivity contribution in [3.05, 3.63) is 29.3 Å². The minimum atomic E-state index is 0.198. The molecule has 2 aliphatic rings. The Balaban J connectivity index is 1.45. The second-order valence-electron chi connectivity index (χ2n) is 7.23. The van der Waals surface area contributed by atoms with Gasteiger partial charge in [-0.3, -0.25) is 9.79 Å². The Morgan fingerprint density at radius 1 is 1.12 bits per heavy atom. The molecule has 1 aromatic carbocycles. The summed E-state index contributed by atoms with van der Waals surface area (Å²) in [6, 6.07) is 6.52. The van der Waals surface area contributed by atoms with Crippen LogP contribution in [0.3, 0.4) is 0 Å². The topological polar surface area (TPSA) is 60.0 Å². The van der Waals surface area contributed by atoms with Gasteiger partial charge in [-0.15, -0.1) is 0 Å². The first-order valence-electron chi connectivity index (χ1n) is 9.64. The molecule has 1 amide bonds. The van der Waals surface area contributed by atoms with Crippen molar-refractivity contribution in [1.82, 2.24) is 15.5 Å². The van der Waals surface area contributed by atoms with E-state index in [1.807, 2.05) is 7.05 Å². The highest BCUT2D eigenvalue weighted by atomic mass is 16.2. The number of benzene rings is 1. The first-order valence-corrected chi connectivity index (χ1v) is 9.64. The van der Waals surface area contributed by atoms with E-state index in [1.165, 1.54) is 16.8 Å². The zero-order valence-corrected chi connectivity index (χ0v) is 16.2. The summed E-state index contributed by atoms with van der Waals surface area (Å²) >= 11 is 0. The van der Waals surface area contributed by atoms with Gasteiger partial charge in [-0.05, 0) is 43.9 Å². The molecule has 6 heteroatoms. The predicted molar refractivity (Wildman–Crippen MR) is 107 cm³/mol. The largest absolute Gasteiger partial charge is 0.368 e. The van der Waals surface area contributed by atoms with Crippen molar-refractivity contribution < 1.29 is 4.79 Å². The summed E-state index contributed by atoms with van der Waals surface area (Å²) in [5, 5.41) is 6.36. The first kappa shape index (κ1) is 18.5. The van der Waals surface area contributed by atoms with Crippen LogP contribution in [0.2, 0.25) is 0 Å². The van der Waals surface area contributed by atoms with Crippen LogP contribution in [0.4, 0.5) is 5.69 Å². The van der Waals surface area contributed by atoms with Crippen molar-refractivity contribution >= 4 is 17.6 Å². The zero-order valence-electron chi connectivity index (χ0n) is 16.2. The van der Waals surface area contributed by atoms with Crippen LogP contribution < -0.4 is 15.5 Å². The molecule has 1 saturated heterocycles. The molecule has 2 fully saturated rings. The first-order chi connectivity index (χ1) is 12.6. The fraction of sp³-hybridized carbons (Fsp3) is 0.600. The number of piperazine rings is 1. The lowest BCUT2D eigenvalue weighted by Gasteiger charge is -2.38. The maximum Gasteiger partial charge on any atom is 0.223 e. The molecule has 0 atom stereocenters. The SMILES string of the molecule is CN=C(NCCNC(=O)C1CC1)N1CCN(c2cccc(C)c2C)CC1. The van der Waals surface area contributed by atoms with E-state index in [-0.39, 0.29) is 11.8 Å². The predicted octanol–water partition coefficient (Wildman–Crippen LogP) is 1.53. The van der Waals surface area contributed by atoms with E-state index in [0.29, 0.717) is 13.1 Å². The lowest BCUT2D eigenvalue weighted by Crippen LogP contribution is -2.53. The molecule has 1 heterocycles. The molecule has 1 aromatic rings. The average molecular weight is 358 g/mol. The van der Waals surface area contributed by atoms with E-state index in [4.69, 9.17) is 0 Å². The van der Waals surface area contributed by atoms with Gasteiger partial charge in [0.15, 0.2) is 5.96 Å². The highest BCUT2D eigenvalue weighted by Crippen LogP contribution is 2.28. The van der Waals surface area contributed by atoms with E-state index in [0.717, 1.165) is 45.0 Å². The van der Waals surface area contributed by atoms with Crippen LogP contribution in [-0.4, -0.2) is 63.1 Å². The second-order valence-corrected chi connectivity index (χ2v) is 7.23. The van der Waals surface area contributed by atoms with Gasteiger partial charge >= 0.3 is 0 Å². The Labute approximate surface area is 156 Å². The molecule has 0 bridgehead atoms. The van der Waals surface area contributed by atoms with Gasteiger partial charge in [0.25, 0.3) is 0 Å². The number of nitrogens with zero attached hydrogens (tertiary/aromatic N) is 3. The summed E-state index contributed by atoms with van der Waals surface area (Å²) in [4.78, 5) is 20.8. The van der Waals surface area contributed by atoms with E-state index in [9.17, 15) is 4.79 Å². The minimum absolute atomic E-state index is 0.198. The van der Waals surface area contributed by atoms with Crippen molar-refractivity contribution in [1.29, 1.82) is 0 Å². The van der Waals surface area contributed by atoms with Gasteiger partial charge in [0.2, 0.25) is 5.91 Å². The molecule has 142 valence electrons. The number of hydrogen-bond acceptors (Lipinski definition) is 3. The number of aliphatic imine (C=N–C) groups is 1. The summed E-state index contributed by atoms with van der Waals surface area (Å²) in [6.07, 6.45) is 2.09. The second kappa shape index (κ2) is 8.43. The molecule has 2 N–H and O–H groups in total. The Morgan fingerprint density at radius 3 is 2.46 bits per heavy atom. The van der Waals surface area contributed by atoms with Gasteiger partial charge in [-0.25, -0.2) is 0 Å². The summed E-state index contributed by atoms with van der Waals surface area (Å²) in [5.74, 6) is 1.39. The molecule has 0 radical (unpaired) electrons. The van der Waals surface area contributed by atoms with Crippen LogP contribution in [0.5, 0.6) is 0 Å². The van der Waals surface area contributed by atoms with Crippen molar-refractivity contribution in [2.45, 2.75) is 26.7 Å². The number of nitrogens with one attached hydrogen (secondary N) is 2. The van der Waals surface area contributed by atoms with Crippen LogP contribution in [0, 0.1) is 19.8 Å². The lowest BCUT2D eigenvalue weighted by atomic mass is 10.1. The summed E-state index contributed by atoms with van der Waals surface area (Å²) in [7, 11) is 1.82. The number of guanidine groups is 1. The zero-order chi connectivity index (χ0) is 18.5. The monoisotopic (exact) mass is 357 g/mol. The molecule has 1 saturated carbocycles. The van der Waals surface area contributed by atoms with Crippen LogP contribution in [0.25, 0.3) is 0 Å². The third kappa shape index (κ3) is 4.48. The fourth-order valence-corrected chi connectivity index (χ4v) is 3.42. The highest BCUT2D eigenvalue weighted by molar-refractivity contribution is 5.81. The molecule has 1 aliphatic carbocycles. The average Bonchev–Trinajstić information content (AvgIpc) is 3.49. The molecule has 3 rings (SSSR count). The molecule has 0 spiro atoms. The summed E-state index contributed by atoms with van der Waals surface area (Å²) < 4.78 is 0. The van der Waals surface area contributed by atoms with Crippen molar-refractivity contribution in [2.24, 2.45) is 10.9 Å². The van der Waals surface area contributed by atoms with Crippen molar-refractivity contribution in [3.63, 3.8) is 0 Å². The Morgan fingerprint density at radius 2 is 1.81 bits per heavy atom. The molecular formula is C20H31N5O. The number of amides is 1. The maximum atomic E-state index is 11.7. The number of anilines is 1. The smallest absolute Gasteiger partial charge is 0.223 e. The van der Waals surface area contributed by atoms with Gasteiger partial charge in [-0.2, -0.15) is 0 Å². The van der Waals surface area contributed by atoms with Crippen molar-refractivity contribution in [3.8, 4) is 0 Å². The Kier molecular flexibility index (Phi) is 6.01. The molecular weight excluding hydrogens is 326 g/mol. The molecule has 0 unspecified atom stereocenters. The molecule has 26 heavy (non-hydrogen) atoms. The van der Waals surface area contributed by atoms with Crippen LogP contribution >= 0.6 is 0 Å². The van der Waals surface area contributed by atoms with E-state index in [1.54, 1.807) is 0 Å². The van der Waals surface area contributed by atoms with Gasteiger partial charge < -0.3 is 20.4 Å². The minimum Gasteiger partial charge on any atom is -0.368 e. The quantitative estimate of drug-likeness (QED) is 0.477. The molecule has 0 aromatic heterocycles. The highest BCUT2D eigenvalue weighted by Gasteiger charge is 2.29. The number of carbonyl (C=O) groups excluding carboxylic acids is 1. The lowest BCUT2D eigenvalue weighted by molar-refractivity contribution is -0.122. The van der Waals surface area contributed by atoms with Crippen LogP contribution in [0.15, 0.2) is 23.2 Å². The summed E-state index contributed by atoms with van der Waals surface area (Å²) in [5.41, 5.74) is 4.06. The summed E-state index contributed by atoms with van der Waals surface area (Å²) in [6.45, 7) is 9.60. The number of carbonyl (C=O) groups is 1. The van der Waals surface area contributed by atoms with Crippen molar-refractivity contribution in [2.75, 3.05) is 51.2 Å². The fourth-order valence-electron chi connectivity index (χ4n) is 3.42. The third-order valence-electron chi connectivity index (χ3n) is 5.36. The van der Waals surface area contributed by atoms with E-state index >= 15 is 0 Å².